The highest BCUT2D eigenvalue weighted by molar-refractivity contribution is 5.90. The minimum atomic E-state index is -0.510. The average Bonchev–Trinajstić information content (AvgIpc) is 2.83. The molecule has 1 aromatic carbocycles. The number of nitrogens with one attached hydrogen (secondary N) is 2. The molecule has 2 atom stereocenters. The molecule has 0 unspecified atom stereocenters. The van der Waals surface area contributed by atoms with Gasteiger partial charge in [0.05, 0.1) is 18.6 Å². The summed E-state index contributed by atoms with van der Waals surface area (Å²) >= 11 is 0. The van der Waals surface area contributed by atoms with Gasteiger partial charge in [-0.25, -0.2) is 0 Å². The molecule has 3 rings (SSSR count). The predicted molar refractivity (Wildman–Crippen MR) is 138 cm³/mol. The van der Waals surface area contributed by atoms with Gasteiger partial charge in [-0.05, 0) is 82.7 Å². The van der Waals surface area contributed by atoms with Crippen molar-refractivity contribution in [2.45, 2.75) is 84.8 Å². The molecule has 1 spiro atoms. The van der Waals surface area contributed by atoms with Gasteiger partial charge in [0.25, 0.3) is 0 Å². The predicted octanol–water partition coefficient (Wildman–Crippen LogP) is 3.90. The maximum absolute atomic E-state index is 13.7. The molecule has 2 aliphatic heterocycles. The van der Waals surface area contributed by atoms with E-state index in [-0.39, 0.29) is 17.9 Å². The highest BCUT2D eigenvalue weighted by atomic mass is 16.5. The van der Waals surface area contributed by atoms with Crippen molar-refractivity contribution in [2.75, 3.05) is 32.9 Å². The van der Waals surface area contributed by atoms with Crippen LogP contribution >= 0.6 is 0 Å². The molecule has 0 aliphatic carbocycles. The first-order valence-electron chi connectivity index (χ1n) is 13.4. The SMILES string of the molecule is CCOc1ccc(CN2CCC3(CCCCOC[C@@H](C)NC(=O)[C@H](CC(C)C)NC3=O)CC2)cc1. The van der Waals surface area contributed by atoms with E-state index in [0.29, 0.717) is 32.2 Å². The van der Waals surface area contributed by atoms with E-state index in [0.717, 1.165) is 57.5 Å². The number of rotatable bonds is 6. The fourth-order valence-corrected chi connectivity index (χ4v) is 5.17. The Balaban J connectivity index is 1.68. The molecule has 2 fully saturated rings. The maximum Gasteiger partial charge on any atom is 0.242 e. The molecule has 2 N–H and O–H groups in total. The zero-order chi connectivity index (χ0) is 25.3. The Labute approximate surface area is 211 Å². The van der Waals surface area contributed by atoms with Gasteiger partial charge in [-0.15, -0.1) is 0 Å². The summed E-state index contributed by atoms with van der Waals surface area (Å²) in [7, 11) is 0. The van der Waals surface area contributed by atoms with Gasteiger partial charge in [0.2, 0.25) is 11.8 Å². The Morgan fingerprint density at radius 3 is 2.46 bits per heavy atom. The Morgan fingerprint density at radius 1 is 1.09 bits per heavy atom. The molecular formula is C28H45N3O4. The van der Waals surface area contributed by atoms with Crippen LogP contribution in [0.5, 0.6) is 5.75 Å². The van der Waals surface area contributed by atoms with Crippen molar-refractivity contribution in [1.29, 1.82) is 0 Å². The average molecular weight is 488 g/mol. The molecule has 0 radical (unpaired) electrons. The molecule has 1 aromatic rings. The number of amides is 2. The normalized spacial score (nSPS) is 24.7. The lowest BCUT2D eigenvalue weighted by atomic mass is 9.73. The van der Waals surface area contributed by atoms with E-state index < -0.39 is 11.5 Å². The van der Waals surface area contributed by atoms with E-state index in [2.05, 4.69) is 41.5 Å². The van der Waals surface area contributed by atoms with Crippen LogP contribution in [0.15, 0.2) is 24.3 Å². The number of carbonyl (C=O) groups is 2. The lowest BCUT2D eigenvalue weighted by Crippen LogP contribution is -2.55. The number of ether oxygens (including phenoxy) is 2. The van der Waals surface area contributed by atoms with Gasteiger partial charge in [0.1, 0.15) is 11.8 Å². The van der Waals surface area contributed by atoms with Crippen molar-refractivity contribution in [1.82, 2.24) is 15.5 Å². The molecule has 35 heavy (non-hydrogen) atoms. The monoisotopic (exact) mass is 487 g/mol. The highest BCUT2D eigenvalue weighted by Crippen LogP contribution is 2.38. The second-order valence-electron chi connectivity index (χ2n) is 10.7. The quantitative estimate of drug-likeness (QED) is 0.636. The number of hydrogen-bond donors (Lipinski definition) is 2. The van der Waals surface area contributed by atoms with Crippen LogP contribution in [-0.2, 0) is 20.9 Å². The largest absolute Gasteiger partial charge is 0.494 e. The standard InChI is InChI=1S/C28H45N3O4/c1-5-35-24-10-8-23(9-11-24)19-31-15-13-28(14-16-31)12-6-7-17-34-20-22(4)29-26(32)25(18-21(2)3)30-27(28)33/h8-11,21-22,25H,5-7,12-20H2,1-4H3,(H,29,32)(H,30,33)/t22-,25+/m1/s1. The van der Waals surface area contributed by atoms with Gasteiger partial charge in [0, 0.05) is 19.2 Å². The van der Waals surface area contributed by atoms with Crippen molar-refractivity contribution in [3.63, 3.8) is 0 Å². The summed E-state index contributed by atoms with van der Waals surface area (Å²) in [5.41, 5.74) is 0.827. The van der Waals surface area contributed by atoms with Crippen molar-refractivity contribution in [3.8, 4) is 5.75 Å². The summed E-state index contributed by atoms with van der Waals surface area (Å²) in [5, 5.41) is 6.21. The molecule has 2 saturated heterocycles. The first-order valence-corrected chi connectivity index (χ1v) is 13.4. The molecule has 2 aliphatic rings. The van der Waals surface area contributed by atoms with E-state index in [1.54, 1.807) is 0 Å². The molecule has 7 heteroatoms. The van der Waals surface area contributed by atoms with Gasteiger partial charge in [0.15, 0.2) is 0 Å². The Kier molecular flexibility index (Phi) is 10.4. The van der Waals surface area contributed by atoms with Crippen LogP contribution in [-0.4, -0.2) is 61.7 Å². The Hall–Kier alpha value is -2.12. The lowest BCUT2D eigenvalue weighted by Gasteiger charge is -2.41. The third-order valence-corrected chi connectivity index (χ3v) is 7.21. The number of likely N-dealkylation sites (tertiary alicyclic amines) is 1. The van der Waals surface area contributed by atoms with E-state index in [1.807, 2.05) is 26.0 Å². The van der Waals surface area contributed by atoms with Gasteiger partial charge in [-0.2, -0.15) is 0 Å². The molecule has 0 aromatic heterocycles. The number of hydrogen-bond acceptors (Lipinski definition) is 5. The maximum atomic E-state index is 13.7. The molecule has 2 heterocycles. The second-order valence-corrected chi connectivity index (χ2v) is 10.7. The molecule has 0 bridgehead atoms. The van der Waals surface area contributed by atoms with E-state index in [1.165, 1.54) is 5.56 Å². The van der Waals surface area contributed by atoms with Crippen molar-refractivity contribution in [2.24, 2.45) is 11.3 Å². The summed E-state index contributed by atoms with van der Waals surface area (Å²) < 4.78 is 11.4. The van der Waals surface area contributed by atoms with E-state index in [4.69, 9.17) is 9.47 Å². The fourth-order valence-electron chi connectivity index (χ4n) is 5.17. The first-order chi connectivity index (χ1) is 16.8. The molecule has 7 nitrogen and oxygen atoms in total. The van der Waals surface area contributed by atoms with Crippen molar-refractivity contribution >= 4 is 11.8 Å². The molecule has 0 saturated carbocycles. The van der Waals surface area contributed by atoms with Crippen LogP contribution in [0.25, 0.3) is 0 Å². The minimum Gasteiger partial charge on any atom is -0.494 e. The zero-order valence-corrected chi connectivity index (χ0v) is 22.1. The molecular weight excluding hydrogens is 442 g/mol. The lowest BCUT2D eigenvalue weighted by molar-refractivity contribution is -0.138. The van der Waals surface area contributed by atoms with Gasteiger partial charge >= 0.3 is 0 Å². The third-order valence-electron chi connectivity index (χ3n) is 7.21. The summed E-state index contributed by atoms with van der Waals surface area (Å²) in [6.07, 6.45) is 4.97. The number of carbonyl (C=O) groups excluding carboxylic acids is 2. The topological polar surface area (TPSA) is 79.9 Å². The van der Waals surface area contributed by atoms with Crippen LogP contribution in [0, 0.1) is 11.3 Å². The van der Waals surface area contributed by atoms with E-state index >= 15 is 0 Å². The van der Waals surface area contributed by atoms with Gasteiger partial charge in [-0.3, -0.25) is 14.5 Å². The fraction of sp³-hybridized carbons (Fsp3) is 0.714. The zero-order valence-electron chi connectivity index (χ0n) is 22.1. The first kappa shape index (κ1) is 27.5. The number of piperidine rings is 1. The van der Waals surface area contributed by atoms with Crippen molar-refractivity contribution < 1.29 is 19.1 Å². The van der Waals surface area contributed by atoms with Crippen LogP contribution in [0.2, 0.25) is 0 Å². The third kappa shape index (κ3) is 8.21. The van der Waals surface area contributed by atoms with Gasteiger partial charge in [-0.1, -0.05) is 32.4 Å². The molecule has 2 amide bonds. The van der Waals surface area contributed by atoms with Crippen LogP contribution in [0.4, 0.5) is 0 Å². The number of nitrogens with zero attached hydrogens (tertiary/aromatic N) is 1. The number of benzene rings is 1. The Morgan fingerprint density at radius 2 is 1.80 bits per heavy atom. The summed E-state index contributed by atoms with van der Waals surface area (Å²) in [4.78, 5) is 29.2. The van der Waals surface area contributed by atoms with Crippen molar-refractivity contribution in [3.05, 3.63) is 29.8 Å². The summed E-state index contributed by atoms with van der Waals surface area (Å²) in [5.74, 6) is 1.14. The van der Waals surface area contributed by atoms with Gasteiger partial charge < -0.3 is 20.1 Å². The van der Waals surface area contributed by atoms with E-state index in [9.17, 15) is 9.59 Å². The second kappa shape index (κ2) is 13.3. The van der Waals surface area contributed by atoms with Crippen LogP contribution in [0.1, 0.15) is 71.8 Å². The smallest absolute Gasteiger partial charge is 0.242 e. The molecule has 196 valence electrons. The minimum absolute atomic E-state index is 0.0480. The van der Waals surface area contributed by atoms with Crippen LogP contribution in [0.3, 0.4) is 0 Å². The summed E-state index contributed by atoms with van der Waals surface area (Å²) in [6.45, 7) is 12.6. The Bertz CT molecular complexity index is 803. The van der Waals surface area contributed by atoms with Crippen LogP contribution < -0.4 is 15.4 Å². The summed E-state index contributed by atoms with van der Waals surface area (Å²) in [6, 6.07) is 7.71. The highest BCUT2D eigenvalue weighted by Gasteiger charge is 2.42.